The van der Waals surface area contributed by atoms with Crippen LogP contribution in [-0.4, -0.2) is 28.4 Å². The van der Waals surface area contributed by atoms with Crippen molar-refractivity contribution in [2.24, 2.45) is 0 Å². The summed E-state index contributed by atoms with van der Waals surface area (Å²) in [7, 11) is 0. The van der Waals surface area contributed by atoms with E-state index in [4.69, 9.17) is 0 Å². The van der Waals surface area contributed by atoms with E-state index in [1.54, 1.807) is 0 Å². The molecule has 0 nitrogen and oxygen atoms in total. The van der Waals surface area contributed by atoms with Crippen molar-refractivity contribution in [3.63, 3.8) is 0 Å². The summed E-state index contributed by atoms with van der Waals surface area (Å²) in [6.07, 6.45) is 11.4. The quantitative estimate of drug-likeness (QED) is 0.339. The number of hydrogen-bond donors (Lipinski definition) is 0. The fraction of sp³-hybridized carbons (Fsp3) is 1.00. The van der Waals surface area contributed by atoms with Crippen LogP contribution in [0.4, 0.5) is 0 Å². The molecule has 2 heteroatoms. The van der Waals surface area contributed by atoms with Gasteiger partial charge in [-0.05, 0) is 6.42 Å². The smallest absolute Gasteiger partial charge is 1.00 e. The molecule has 0 heterocycles. The van der Waals surface area contributed by atoms with Gasteiger partial charge in [-0.25, -0.2) is 0 Å². The molecule has 0 N–H and O–H groups in total. The van der Waals surface area contributed by atoms with Gasteiger partial charge in [-0.1, -0.05) is 67.8 Å². The molecule has 72 valence electrons. The summed E-state index contributed by atoms with van der Waals surface area (Å²) < 4.78 is 0. The van der Waals surface area contributed by atoms with Crippen molar-refractivity contribution in [1.82, 2.24) is 0 Å². The summed E-state index contributed by atoms with van der Waals surface area (Å²) in [6, 6.07) is 0. The van der Waals surface area contributed by atoms with Crippen LogP contribution in [0.3, 0.4) is 0 Å². The normalized spacial score (nSPS) is 9.50. The first kappa shape index (κ1) is 15.7. The molecule has 0 bridgehead atoms. The maximum Gasteiger partial charge on any atom is 2.00 e. The maximum atomic E-state index is 3.44. The third kappa shape index (κ3) is 13.8. The van der Waals surface area contributed by atoms with Crippen molar-refractivity contribution in [3.05, 3.63) is 0 Å². The van der Waals surface area contributed by atoms with Gasteiger partial charge in [0, 0.05) is 5.33 Å². The zero-order valence-electron chi connectivity index (χ0n) is 10.4. The first-order valence-corrected chi connectivity index (χ1v) is 6.10. The van der Waals surface area contributed by atoms with Crippen LogP contribution in [0.5, 0.6) is 0 Å². The molecule has 0 aliphatic rings. The Bertz CT molecular complexity index is 67.1. The molecular formula is C10H23BrMg. The fourth-order valence-electron chi connectivity index (χ4n) is 1.23. The second-order valence-electron chi connectivity index (χ2n) is 3.16. The predicted octanol–water partition coefficient (Wildman–Crippen LogP) is 4.37. The van der Waals surface area contributed by atoms with Gasteiger partial charge in [-0.3, -0.25) is 0 Å². The minimum absolute atomic E-state index is 0. The predicted molar refractivity (Wildman–Crippen MR) is 64.4 cm³/mol. The molecule has 0 aliphatic carbocycles. The average molecular weight is 248 g/mol. The molecule has 0 aromatic carbocycles. The van der Waals surface area contributed by atoms with Crippen LogP contribution in [0, 0.1) is 0 Å². The van der Waals surface area contributed by atoms with E-state index >= 15 is 0 Å². The van der Waals surface area contributed by atoms with E-state index in [0.29, 0.717) is 0 Å². The van der Waals surface area contributed by atoms with E-state index in [2.05, 4.69) is 22.9 Å². The SMILES string of the molecule is CCCCCCCCCCBr.[H-].[H-].[Mg+2]. The Hall–Kier alpha value is 1.25. The standard InChI is InChI=1S/C10H21Br.Mg.2H/c1-2-3-4-5-6-7-8-9-10-11;;;/h2-10H2,1H3;;;/q;+2;2*-1. The van der Waals surface area contributed by atoms with E-state index in [0.717, 1.165) is 0 Å². The number of halogens is 1. The molecule has 0 saturated heterocycles. The Labute approximate surface area is 105 Å². The fourth-order valence-corrected chi connectivity index (χ4v) is 1.62. The van der Waals surface area contributed by atoms with Crippen LogP contribution in [0.15, 0.2) is 0 Å². The van der Waals surface area contributed by atoms with Crippen molar-refractivity contribution >= 4 is 39.0 Å². The molecule has 0 amide bonds. The van der Waals surface area contributed by atoms with Crippen molar-refractivity contribution in [3.8, 4) is 0 Å². The molecule has 0 spiro atoms. The van der Waals surface area contributed by atoms with Crippen LogP contribution in [0.1, 0.15) is 61.1 Å². The first-order chi connectivity index (χ1) is 5.41. The van der Waals surface area contributed by atoms with E-state index in [1.165, 1.54) is 56.7 Å². The molecule has 0 radical (unpaired) electrons. The van der Waals surface area contributed by atoms with E-state index < -0.39 is 0 Å². The summed E-state index contributed by atoms with van der Waals surface area (Å²) in [4.78, 5) is 0. The molecule has 0 rings (SSSR count). The summed E-state index contributed by atoms with van der Waals surface area (Å²) in [6.45, 7) is 2.27. The van der Waals surface area contributed by atoms with E-state index in [-0.39, 0.29) is 25.9 Å². The van der Waals surface area contributed by atoms with Crippen LogP contribution >= 0.6 is 15.9 Å². The first-order valence-electron chi connectivity index (χ1n) is 4.97. The summed E-state index contributed by atoms with van der Waals surface area (Å²) in [5.74, 6) is 0. The Morgan fingerprint density at radius 1 is 0.833 bits per heavy atom. The van der Waals surface area contributed by atoms with Crippen LogP contribution < -0.4 is 0 Å². The molecule has 0 aromatic heterocycles. The summed E-state index contributed by atoms with van der Waals surface area (Å²) in [5, 5.41) is 1.18. The summed E-state index contributed by atoms with van der Waals surface area (Å²) >= 11 is 3.44. The topological polar surface area (TPSA) is 0 Å². The molecular weight excluding hydrogens is 224 g/mol. The van der Waals surface area contributed by atoms with Crippen molar-refractivity contribution in [2.45, 2.75) is 58.3 Å². The molecule has 0 atom stereocenters. The molecule has 0 aromatic rings. The Morgan fingerprint density at radius 2 is 1.25 bits per heavy atom. The van der Waals surface area contributed by atoms with E-state index in [9.17, 15) is 0 Å². The molecule has 12 heavy (non-hydrogen) atoms. The monoisotopic (exact) mass is 246 g/mol. The van der Waals surface area contributed by atoms with Crippen LogP contribution in [0.2, 0.25) is 0 Å². The Kier molecular flexibility index (Phi) is 19.3. The number of unbranched alkanes of at least 4 members (excludes halogenated alkanes) is 7. The number of alkyl halides is 1. The minimum Gasteiger partial charge on any atom is -1.00 e. The van der Waals surface area contributed by atoms with Gasteiger partial charge in [-0.2, -0.15) is 0 Å². The van der Waals surface area contributed by atoms with Crippen molar-refractivity contribution in [2.75, 3.05) is 5.33 Å². The van der Waals surface area contributed by atoms with Crippen LogP contribution in [0.25, 0.3) is 0 Å². The molecule has 0 unspecified atom stereocenters. The second kappa shape index (κ2) is 14.8. The third-order valence-corrected chi connectivity index (χ3v) is 2.55. The zero-order chi connectivity index (χ0) is 8.36. The molecule has 0 fully saturated rings. The average Bonchev–Trinajstić information content (AvgIpc) is 2.03. The second-order valence-corrected chi connectivity index (χ2v) is 3.96. The number of hydrogen-bond acceptors (Lipinski definition) is 0. The van der Waals surface area contributed by atoms with Crippen LogP contribution in [-0.2, 0) is 0 Å². The zero-order valence-corrected chi connectivity index (χ0v) is 11.4. The largest absolute Gasteiger partial charge is 2.00 e. The Morgan fingerprint density at radius 3 is 1.67 bits per heavy atom. The summed E-state index contributed by atoms with van der Waals surface area (Å²) in [5.41, 5.74) is 0. The molecule has 0 saturated carbocycles. The van der Waals surface area contributed by atoms with Gasteiger partial charge in [-0.15, -0.1) is 0 Å². The van der Waals surface area contributed by atoms with Gasteiger partial charge in [0.2, 0.25) is 0 Å². The van der Waals surface area contributed by atoms with Gasteiger partial charge in [0.15, 0.2) is 0 Å². The molecule has 0 aliphatic heterocycles. The van der Waals surface area contributed by atoms with Gasteiger partial charge in [0.05, 0.1) is 0 Å². The number of rotatable bonds is 8. The van der Waals surface area contributed by atoms with Gasteiger partial charge < -0.3 is 2.85 Å². The Balaban J connectivity index is -0.000000167. The third-order valence-electron chi connectivity index (χ3n) is 1.99. The van der Waals surface area contributed by atoms with E-state index in [1.807, 2.05) is 0 Å². The van der Waals surface area contributed by atoms with Gasteiger partial charge in [0.25, 0.3) is 0 Å². The van der Waals surface area contributed by atoms with Gasteiger partial charge in [0.1, 0.15) is 0 Å². The van der Waals surface area contributed by atoms with Crippen molar-refractivity contribution in [1.29, 1.82) is 0 Å². The minimum atomic E-state index is 0. The maximum absolute atomic E-state index is 3.44. The van der Waals surface area contributed by atoms with Gasteiger partial charge >= 0.3 is 23.1 Å². The van der Waals surface area contributed by atoms with Crippen molar-refractivity contribution < 1.29 is 2.85 Å².